The van der Waals surface area contributed by atoms with Gasteiger partial charge >= 0.3 is 6.03 Å². The SMILES string of the molecule is CCCCCCNC(=O)N(C)OC. The lowest BCUT2D eigenvalue weighted by atomic mass is 10.2. The molecule has 0 saturated carbocycles. The van der Waals surface area contributed by atoms with E-state index >= 15 is 0 Å². The Labute approximate surface area is 80.2 Å². The number of amides is 2. The van der Waals surface area contributed by atoms with Crippen LogP contribution in [0.1, 0.15) is 32.6 Å². The van der Waals surface area contributed by atoms with Crippen molar-refractivity contribution in [3.8, 4) is 0 Å². The van der Waals surface area contributed by atoms with E-state index < -0.39 is 0 Å². The molecule has 0 aromatic rings. The van der Waals surface area contributed by atoms with Gasteiger partial charge in [-0.2, -0.15) is 0 Å². The fourth-order valence-corrected chi connectivity index (χ4v) is 0.941. The number of hydroxylamine groups is 2. The zero-order valence-corrected chi connectivity index (χ0v) is 8.80. The van der Waals surface area contributed by atoms with Gasteiger partial charge in [0.15, 0.2) is 0 Å². The average molecular weight is 188 g/mol. The highest BCUT2D eigenvalue weighted by atomic mass is 16.7. The van der Waals surface area contributed by atoms with Gasteiger partial charge in [-0.1, -0.05) is 26.2 Å². The summed E-state index contributed by atoms with van der Waals surface area (Å²) in [4.78, 5) is 15.8. The summed E-state index contributed by atoms with van der Waals surface area (Å²) >= 11 is 0. The largest absolute Gasteiger partial charge is 0.341 e. The van der Waals surface area contributed by atoms with Crippen LogP contribution >= 0.6 is 0 Å². The summed E-state index contributed by atoms with van der Waals surface area (Å²) in [5.41, 5.74) is 0. The molecule has 0 bridgehead atoms. The van der Waals surface area contributed by atoms with Gasteiger partial charge in [0, 0.05) is 13.6 Å². The molecule has 0 rings (SSSR count). The van der Waals surface area contributed by atoms with E-state index in [0.29, 0.717) is 0 Å². The van der Waals surface area contributed by atoms with Crippen molar-refractivity contribution in [3.63, 3.8) is 0 Å². The summed E-state index contributed by atoms with van der Waals surface area (Å²) in [6.45, 7) is 2.89. The number of rotatable bonds is 6. The lowest BCUT2D eigenvalue weighted by Gasteiger charge is -2.14. The van der Waals surface area contributed by atoms with Crippen LogP contribution in [0.5, 0.6) is 0 Å². The molecule has 0 aliphatic heterocycles. The monoisotopic (exact) mass is 188 g/mol. The van der Waals surface area contributed by atoms with E-state index in [1.807, 2.05) is 0 Å². The molecule has 2 amide bonds. The fourth-order valence-electron chi connectivity index (χ4n) is 0.941. The van der Waals surface area contributed by atoms with E-state index in [1.165, 1.54) is 31.4 Å². The van der Waals surface area contributed by atoms with Crippen molar-refractivity contribution in [2.24, 2.45) is 0 Å². The molecule has 78 valence electrons. The van der Waals surface area contributed by atoms with Gasteiger partial charge in [-0.3, -0.25) is 4.84 Å². The van der Waals surface area contributed by atoms with Crippen molar-refractivity contribution in [3.05, 3.63) is 0 Å². The highest BCUT2D eigenvalue weighted by molar-refractivity contribution is 5.72. The minimum absolute atomic E-state index is 0.181. The van der Waals surface area contributed by atoms with Crippen LogP contribution in [0.15, 0.2) is 0 Å². The van der Waals surface area contributed by atoms with Crippen LogP contribution in [-0.4, -0.2) is 31.8 Å². The second kappa shape index (κ2) is 7.86. The smallest absolute Gasteiger partial charge is 0.336 e. The van der Waals surface area contributed by atoms with Crippen LogP contribution in [0.2, 0.25) is 0 Å². The molecular formula is C9H20N2O2. The summed E-state index contributed by atoms with van der Waals surface area (Å²) in [6.07, 6.45) is 4.66. The summed E-state index contributed by atoms with van der Waals surface area (Å²) in [6, 6.07) is -0.181. The van der Waals surface area contributed by atoms with Crippen molar-refractivity contribution in [2.45, 2.75) is 32.6 Å². The predicted octanol–water partition coefficient (Wildman–Crippen LogP) is 1.77. The van der Waals surface area contributed by atoms with E-state index in [2.05, 4.69) is 12.2 Å². The van der Waals surface area contributed by atoms with E-state index in [9.17, 15) is 4.79 Å². The Morgan fingerprint density at radius 2 is 2.08 bits per heavy atom. The minimum atomic E-state index is -0.181. The average Bonchev–Trinajstić information content (AvgIpc) is 2.16. The third kappa shape index (κ3) is 6.40. The van der Waals surface area contributed by atoms with Crippen LogP contribution in [0.25, 0.3) is 0 Å². The van der Waals surface area contributed by atoms with Crippen LogP contribution in [0.4, 0.5) is 4.79 Å². The quantitative estimate of drug-likeness (QED) is 0.510. The van der Waals surface area contributed by atoms with Gasteiger partial charge in [-0.05, 0) is 6.42 Å². The summed E-state index contributed by atoms with van der Waals surface area (Å²) in [5, 5.41) is 3.93. The zero-order chi connectivity index (χ0) is 10.1. The van der Waals surface area contributed by atoms with Gasteiger partial charge in [-0.15, -0.1) is 0 Å². The summed E-state index contributed by atoms with van der Waals surface area (Å²) in [7, 11) is 3.05. The topological polar surface area (TPSA) is 41.6 Å². The highest BCUT2D eigenvalue weighted by Crippen LogP contribution is 1.97. The van der Waals surface area contributed by atoms with E-state index in [1.54, 1.807) is 7.05 Å². The third-order valence-electron chi connectivity index (χ3n) is 1.87. The van der Waals surface area contributed by atoms with Crippen molar-refractivity contribution >= 4 is 6.03 Å². The third-order valence-corrected chi connectivity index (χ3v) is 1.87. The zero-order valence-electron chi connectivity index (χ0n) is 8.80. The second-order valence-corrected chi connectivity index (χ2v) is 2.97. The van der Waals surface area contributed by atoms with Crippen LogP contribution in [-0.2, 0) is 4.84 Å². The number of hydrogen-bond acceptors (Lipinski definition) is 2. The maximum absolute atomic E-state index is 11.1. The summed E-state index contributed by atoms with van der Waals surface area (Å²) < 4.78 is 0. The van der Waals surface area contributed by atoms with Crippen molar-refractivity contribution in [1.29, 1.82) is 0 Å². The number of unbranched alkanes of at least 4 members (excludes halogenated alkanes) is 3. The first-order valence-electron chi connectivity index (χ1n) is 4.78. The van der Waals surface area contributed by atoms with Gasteiger partial charge in [0.05, 0.1) is 7.11 Å². The molecule has 0 aliphatic carbocycles. The van der Waals surface area contributed by atoms with E-state index in [-0.39, 0.29) is 6.03 Å². The van der Waals surface area contributed by atoms with Gasteiger partial charge < -0.3 is 5.32 Å². The maximum atomic E-state index is 11.1. The molecule has 0 atom stereocenters. The van der Waals surface area contributed by atoms with Crippen LogP contribution in [0, 0.1) is 0 Å². The Morgan fingerprint density at radius 1 is 1.38 bits per heavy atom. The lowest BCUT2D eigenvalue weighted by molar-refractivity contribution is -0.0647. The molecule has 1 N–H and O–H groups in total. The molecule has 0 aliphatic rings. The van der Waals surface area contributed by atoms with Crippen molar-refractivity contribution in [2.75, 3.05) is 20.7 Å². The Bertz CT molecular complexity index is 140. The van der Waals surface area contributed by atoms with Crippen molar-refractivity contribution < 1.29 is 9.63 Å². The Hall–Kier alpha value is -0.770. The number of carbonyl (C=O) groups is 1. The van der Waals surface area contributed by atoms with Crippen LogP contribution in [0.3, 0.4) is 0 Å². The molecule has 4 heteroatoms. The second-order valence-electron chi connectivity index (χ2n) is 2.97. The molecule has 0 heterocycles. The molecule has 0 fully saturated rings. The molecular weight excluding hydrogens is 168 g/mol. The van der Waals surface area contributed by atoms with Gasteiger partial charge in [0.2, 0.25) is 0 Å². The molecule has 0 radical (unpaired) electrons. The summed E-state index contributed by atoms with van der Waals surface area (Å²) in [5.74, 6) is 0. The first kappa shape index (κ1) is 12.2. The Kier molecular flexibility index (Phi) is 7.39. The van der Waals surface area contributed by atoms with Gasteiger partial charge in [0.25, 0.3) is 0 Å². The first-order chi connectivity index (χ1) is 6.22. The fraction of sp³-hybridized carbons (Fsp3) is 0.889. The normalized spacial score (nSPS) is 9.77. The maximum Gasteiger partial charge on any atom is 0.341 e. The molecule has 0 spiro atoms. The molecule has 0 unspecified atom stereocenters. The van der Waals surface area contributed by atoms with E-state index in [0.717, 1.165) is 13.0 Å². The molecule has 4 nitrogen and oxygen atoms in total. The number of urea groups is 1. The number of nitrogens with zero attached hydrogens (tertiary/aromatic N) is 1. The van der Waals surface area contributed by atoms with Gasteiger partial charge in [0.1, 0.15) is 0 Å². The molecule has 0 aromatic heterocycles. The lowest BCUT2D eigenvalue weighted by Crippen LogP contribution is -2.36. The minimum Gasteiger partial charge on any atom is -0.336 e. The number of nitrogens with one attached hydrogen (secondary N) is 1. The number of carbonyl (C=O) groups excluding carboxylic acids is 1. The molecule has 13 heavy (non-hydrogen) atoms. The predicted molar refractivity (Wildman–Crippen MR) is 52.3 cm³/mol. The Morgan fingerprint density at radius 3 is 2.62 bits per heavy atom. The molecule has 0 saturated heterocycles. The van der Waals surface area contributed by atoms with Gasteiger partial charge in [-0.25, -0.2) is 9.86 Å². The van der Waals surface area contributed by atoms with Crippen LogP contribution < -0.4 is 5.32 Å². The van der Waals surface area contributed by atoms with E-state index in [4.69, 9.17) is 4.84 Å². The first-order valence-corrected chi connectivity index (χ1v) is 4.78. The standard InChI is InChI=1S/C9H20N2O2/c1-4-5-6-7-8-10-9(12)11(2)13-3/h4-8H2,1-3H3,(H,10,12). The Balaban J connectivity index is 3.27. The number of hydrogen-bond donors (Lipinski definition) is 1. The highest BCUT2D eigenvalue weighted by Gasteiger charge is 2.04. The molecule has 0 aromatic carbocycles. The van der Waals surface area contributed by atoms with Crippen molar-refractivity contribution in [1.82, 2.24) is 10.4 Å².